The Kier molecular flexibility index (Phi) is 5.06. The number of fused-ring (bicyclic) bond motifs is 1. The van der Waals surface area contributed by atoms with Crippen LogP contribution in [0.5, 0.6) is 11.5 Å². The molecule has 0 radical (unpaired) electrons. The molecule has 0 spiro atoms. The van der Waals surface area contributed by atoms with Gasteiger partial charge in [0.25, 0.3) is 0 Å². The second kappa shape index (κ2) is 6.32. The average molecular weight is 275 g/mol. The smallest absolute Gasteiger partial charge is 0.231 e. The molecule has 2 rings (SSSR count). The van der Waals surface area contributed by atoms with Crippen LogP contribution < -0.4 is 20.5 Å². The Balaban J connectivity index is 0.00000162. The van der Waals surface area contributed by atoms with E-state index in [1.807, 2.05) is 0 Å². The highest BCUT2D eigenvalue weighted by atomic mass is 35.5. The van der Waals surface area contributed by atoms with Crippen LogP contribution in [-0.4, -0.2) is 26.4 Å². The fourth-order valence-electron chi connectivity index (χ4n) is 1.47. The zero-order valence-electron chi connectivity index (χ0n) is 9.89. The minimum Gasteiger partial charge on any atom is -0.454 e. The number of hydrogen-bond donors (Lipinski definition) is 2. The topological polar surface area (TPSA) is 82.8 Å². The molecule has 1 aromatic carbocycles. The van der Waals surface area contributed by atoms with E-state index in [0.29, 0.717) is 29.5 Å². The number of amides is 1. The van der Waals surface area contributed by atoms with Gasteiger partial charge in [0, 0.05) is 19.2 Å². The van der Waals surface area contributed by atoms with Crippen molar-refractivity contribution in [2.75, 3.05) is 31.6 Å². The van der Waals surface area contributed by atoms with E-state index in [-0.39, 0.29) is 31.5 Å². The highest BCUT2D eigenvalue weighted by Crippen LogP contribution is 2.38. The van der Waals surface area contributed by atoms with Crippen LogP contribution in [0.3, 0.4) is 0 Å². The van der Waals surface area contributed by atoms with Gasteiger partial charge in [-0.05, 0) is 0 Å². The van der Waals surface area contributed by atoms with Gasteiger partial charge < -0.3 is 25.3 Å². The number of ether oxygens (including phenoxy) is 3. The SMILES string of the molecule is COCCC(=O)Nc1cc2c(cc1N)OCO2.Cl. The van der Waals surface area contributed by atoms with Crippen molar-refractivity contribution in [2.45, 2.75) is 6.42 Å². The Morgan fingerprint density at radius 3 is 2.78 bits per heavy atom. The van der Waals surface area contributed by atoms with E-state index in [1.54, 1.807) is 19.2 Å². The standard InChI is InChI=1S/C11H14N2O4.ClH/c1-15-3-2-11(14)13-8-5-10-9(4-7(8)12)16-6-17-10;/h4-5H,2-3,6,12H2,1H3,(H,13,14);1H. The number of anilines is 2. The Hall–Kier alpha value is -1.66. The molecule has 100 valence electrons. The highest BCUT2D eigenvalue weighted by molar-refractivity contribution is 5.94. The van der Waals surface area contributed by atoms with Crippen molar-refractivity contribution in [3.8, 4) is 11.5 Å². The maximum Gasteiger partial charge on any atom is 0.231 e. The fourth-order valence-corrected chi connectivity index (χ4v) is 1.47. The summed E-state index contributed by atoms with van der Waals surface area (Å²) in [4.78, 5) is 11.5. The van der Waals surface area contributed by atoms with Crippen molar-refractivity contribution in [2.24, 2.45) is 0 Å². The molecule has 0 aromatic heterocycles. The summed E-state index contributed by atoms with van der Waals surface area (Å²) in [5, 5.41) is 2.70. The lowest BCUT2D eigenvalue weighted by Crippen LogP contribution is -2.14. The predicted octanol–water partition coefficient (Wildman–Crippen LogP) is 1.39. The number of hydrogen-bond acceptors (Lipinski definition) is 5. The second-order valence-corrected chi connectivity index (χ2v) is 3.58. The Bertz CT molecular complexity index is 439. The van der Waals surface area contributed by atoms with Crippen LogP contribution in [0.25, 0.3) is 0 Å². The molecule has 1 aliphatic rings. The number of nitrogens with one attached hydrogen (secondary N) is 1. The fraction of sp³-hybridized carbons (Fsp3) is 0.364. The van der Waals surface area contributed by atoms with Gasteiger partial charge >= 0.3 is 0 Å². The van der Waals surface area contributed by atoms with Gasteiger partial charge in [-0.3, -0.25) is 4.79 Å². The molecule has 7 heteroatoms. The molecule has 0 unspecified atom stereocenters. The van der Waals surface area contributed by atoms with Crippen LogP contribution in [0.2, 0.25) is 0 Å². The minimum absolute atomic E-state index is 0. The lowest BCUT2D eigenvalue weighted by atomic mass is 10.2. The van der Waals surface area contributed by atoms with Gasteiger partial charge in [0.15, 0.2) is 11.5 Å². The first-order valence-corrected chi connectivity index (χ1v) is 5.18. The van der Waals surface area contributed by atoms with E-state index in [9.17, 15) is 4.79 Å². The van der Waals surface area contributed by atoms with E-state index < -0.39 is 0 Å². The summed E-state index contributed by atoms with van der Waals surface area (Å²) >= 11 is 0. The highest BCUT2D eigenvalue weighted by Gasteiger charge is 2.16. The molecule has 0 aliphatic carbocycles. The normalized spacial score (nSPS) is 11.8. The Morgan fingerprint density at radius 1 is 1.44 bits per heavy atom. The second-order valence-electron chi connectivity index (χ2n) is 3.58. The van der Waals surface area contributed by atoms with Crippen LogP contribution in [-0.2, 0) is 9.53 Å². The quantitative estimate of drug-likeness (QED) is 0.811. The van der Waals surface area contributed by atoms with Crippen molar-refractivity contribution in [3.63, 3.8) is 0 Å². The first kappa shape index (κ1) is 14.4. The summed E-state index contributed by atoms with van der Waals surface area (Å²) < 4.78 is 15.2. The van der Waals surface area contributed by atoms with E-state index >= 15 is 0 Å². The number of halogens is 1. The monoisotopic (exact) mass is 274 g/mol. The molecule has 0 atom stereocenters. The molecule has 3 N–H and O–H groups in total. The van der Waals surface area contributed by atoms with Gasteiger partial charge in [-0.25, -0.2) is 0 Å². The lowest BCUT2D eigenvalue weighted by Gasteiger charge is -2.09. The van der Waals surface area contributed by atoms with Crippen molar-refractivity contribution in [3.05, 3.63) is 12.1 Å². The third-order valence-electron chi connectivity index (χ3n) is 2.35. The molecule has 0 fully saturated rings. The molecule has 1 heterocycles. The number of rotatable bonds is 4. The molecule has 0 saturated heterocycles. The molecule has 18 heavy (non-hydrogen) atoms. The third-order valence-corrected chi connectivity index (χ3v) is 2.35. The van der Waals surface area contributed by atoms with E-state index in [0.717, 1.165) is 0 Å². The minimum atomic E-state index is -0.155. The van der Waals surface area contributed by atoms with Crippen molar-refractivity contribution < 1.29 is 19.0 Å². The van der Waals surface area contributed by atoms with Crippen molar-refractivity contribution >= 4 is 29.7 Å². The van der Waals surface area contributed by atoms with Gasteiger partial charge in [-0.15, -0.1) is 12.4 Å². The first-order chi connectivity index (χ1) is 8.20. The Labute approximate surface area is 111 Å². The number of nitrogen functional groups attached to an aromatic ring is 1. The molecule has 1 amide bonds. The van der Waals surface area contributed by atoms with Gasteiger partial charge in [0.05, 0.1) is 24.4 Å². The summed E-state index contributed by atoms with van der Waals surface area (Å²) in [6.07, 6.45) is 0.282. The summed E-state index contributed by atoms with van der Waals surface area (Å²) in [5.74, 6) is 1.02. The van der Waals surface area contributed by atoms with E-state index in [4.69, 9.17) is 19.9 Å². The largest absolute Gasteiger partial charge is 0.454 e. The van der Waals surface area contributed by atoms with Crippen LogP contribution in [0, 0.1) is 0 Å². The third kappa shape index (κ3) is 3.18. The molecule has 1 aliphatic heterocycles. The first-order valence-electron chi connectivity index (χ1n) is 5.18. The van der Waals surface area contributed by atoms with Crippen LogP contribution in [0.4, 0.5) is 11.4 Å². The zero-order chi connectivity index (χ0) is 12.3. The number of benzene rings is 1. The van der Waals surface area contributed by atoms with Gasteiger partial charge in [-0.2, -0.15) is 0 Å². The summed E-state index contributed by atoms with van der Waals surface area (Å²) in [5.41, 5.74) is 6.76. The van der Waals surface area contributed by atoms with Gasteiger partial charge in [-0.1, -0.05) is 0 Å². The summed E-state index contributed by atoms with van der Waals surface area (Å²) in [7, 11) is 1.54. The van der Waals surface area contributed by atoms with Gasteiger partial charge in [0.1, 0.15) is 0 Å². The van der Waals surface area contributed by atoms with Crippen molar-refractivity contribution in [1.82, 2.24) is 0 Å². The van der Waals surface area contributed by atoms with Crippen LogP contribution >= 0.6 is 12.4 Å². The molecule has 0 saturated carbocycles. The van der Waals surface area contributed by atoms with Crippen LogP contribution in [0.1, 0.15) is 6.42 Å². The van der Waals surface area contributed by atoms with E-state index in [1.165, 1.54) is 0 Å². The summed E-state index contributed by atoms with van der Waals surface area (Å²) in [6, 6.07) is 3.29. The maximum atomic E-state index is 11.5. The molecule has 1 aromatic rings. The molecular formula is C11H15ClN2O4. The van der Waals surface area contributed by atoms with E-state index in [2.05, 4.69) is 5.32 Å². The molecular weight excluding hydrogens is 260 g/mol. The number of nitrogens with two attached hydrogens (primary N) is 1. The Morgan fingerprint density at radius 2 is 2.11 bits per heavy atom. The van der Waals surface area contributed by atoms with Crippen molar-refractivity contribution in [1.29, 1.82) is 0 Å². The number of methoxy groups -OCH3 is 1. The maximum absolute atomic E-state index is 11.5. The number of carbonyl (C=O) groups is 1. The molecule has 6 nitrogen and oxygen atoms in total. The predicted molar refractivity (Wildman–Crippen MR) is 69.3 cm³/mol. The van der Waals surface area contributed by atoms with Crippen LogP contribution in [0.15, 0.2) is 12.1 Å². The van der Waals surface area contributed by atoms with Gasteiger partial charge in [0.2, 0.25) is 12.7 Å². The number of carbonyl (C=O) groups excluding carboxylic acids is 1. The molecule has 0 bridgehead atoms. The summed E-state index contributed by atoms with van der Waals surface area (Å²) in [6.45, 7) is 0.548. The average Bonchev–Trinajstić information content (AvgIpc) is 2.74. The lowest BCUT2D eigenvalue weighted by molar-refractivity contribution is -0.117. The zero-order valence-corrected chi connectivity index (χ0v) is 10.7.